The summed E-state index contributed by atoms with van der Waals surface area (Å²) < 4.78 is 11.5. The Morgan fingerprint density at radius 2 is 1.06 bits per heavy atom. The Labute approximate surface area is 288 Å². The van der Waals surface area contributed by atoms with Crippen molar-refractivity contribution in [2.75, 3.05) is 0 Å². The number of fused-ring (bicyclic) bond motifs is 8. The lowest BCUT2D eigenvalue weighted by Gasteiger charge is -2.34. The summed E-state index contributed by atoms with van der Waals surface area (Å²) in [6.45, 7) is 4.59. The van der Waals surface area contributed by atoms with Crippen LogP contribution in [0.5, 0.6) is 11.5 Å². The van der Waals surface area contributed by atoms with Gasteiger partial charge in [-0.05, 0) is 44.2 Å². The first-order valence-corrected chi connectivity index (χ1v) is 16.9. The van der Waals surface area contributed by atoms with E-state index in [2.05, 4.69) is 108 Å². The smallest absolute Gasteiger partial charge is 0.238 e. The largest absolute Gasteiger partial charge is 0.454 e. The molecule has 0 N–H and O–H groups in total. The molecule has 1 aliphatic rings. The molecule has 4 heterocycles. The minimum Gasteiger partial charge on any atom is -0.454 e. The van der Waals surface area contributed by atoms with Crippen LogP contribution in [0.15, 0.2) is 152 Å². The van der Waals surface area contributed by atoms with Crippen LogP contribution in [0, 0.1) is 0 Å². The summed E-state index contributed by atoms with van der Waals surface area (Å²) in [5.41, 5.74) is 7.87. The molecule has 9 aromatic rings. The first-order valence-electron chi connectivity index (χ1n) is 16.9. The highest BCUT2D eigenvalue weighted by atomic mass is 16.5. The van der Waals surface area contributed by atoms with Crippen molar-refractivity contribution in [2.24, 2.45) is 0 Å². The quantitative estimate of drug-likeness (QED) is 0.191. The maximum absolute atomic E-state index is 6.88. The molecule has 0 spiro atoms. The van der Waals surface area contributed by atoms with Crippen LogP contribution in [-0.4, -0.2) is 24.1 Å². The van der Waals surface area contributed by atoms with Crippen LogP contribution in [0.4, 0.5) is 0 Å². The first-order chi connectivity index (χ1) is 24.6. The van der Waals surface area contributed by atoms with Crippen LogP contribution in [-0.2, 0) is 5.41 Å². The van der Waals surface area contributed by atoms with Crippen molar-refractivity contribution in [1.82, 2.24) is 24.1 Å². The summed E-state index contributed by atoms with van der Waals surface area (Å²) in [5.74, 6) is 3.54. The van der Waals surface area contributed by atoms with E-state index in [-0.39, 0.29) is 5.41 Å². The zero-order valence-electron chi connectivity index (χ0n) is 27.6. The molecule has 0 radical (unpaired) electrons. The third kappa shape index (κ3) is 4.12. The molecule has 10 rings (SSSR count). The van der Waals surface area contributed by atoms with Gasteiger partial charge in [0.1, 0.15) is 5.75 Å². The van der Waals surface area contributed by atoms with Gasteiger partial charge < -0.3 is 9.30 Å². The summed E-state index contributed by atoms with van der Waals surface area (Å²) in [5, 5.41) is 3.26. The summed E-state index contributed by atoms with van der Waals surface area (Å²) in [6, 6.07) is 52.2. The number of hydrogen-bond donors (Lipinski definition) is 0. The Morgan fingerprint density at radius 3 is 1.76 bits per heavy atom. The van der Waals surface area contributed by atoms with E-state index in [1.54, 1.807) is 0 Å². The van der Waals surface area contributed by atoms with Crippen molar-refractivity contribution in [3.63, 3.8) is 0 Å². The van der Waals surface area contributed by atoms with Crippen molar-refractivity contribution < 1.29 is 4.74 Å². The van der Waals surface area contributed by atoms with Crippen molar-refractivity contribution in [2.45, 2.75) is 19.3 Å². The lowest BCUT2D eigenvalue weighted by Crippen LogP contribution is -2.27. The number of hydrogen-bond acceptors (Lipinski definition) is 4. The zero-order valence-corrected chi connectivity index (χ0v) is 27.6. The maximum Gasteiger partial charge on any atom is 0.238 e. The van der Waals surface area contributed by atoms with Gasteiger partial charge in [0.2, 0.25) is 5.95 Å². The van der Waals surface area contributed by atoms with Crippen LogP contribution in [0.25, 0.3) is 67.1 Å². The number of ether oxygens (including phenoxy) is 1. The van der Waals surface area contributed by atoms with Gasteiger partial charge in [-0.3, -0.25) is 4.57 Å². The molecular formula is C44H31N5O. The molecule has 0 saturated heterocycles. The van der Waals surface area contributed by atoms with Gasteiger partial charge in [-0.1, -0.05) is 121 Å². The van der Waals surface area contributed by atoms with E-state index in [4.69, 9.17) is 19.7 Å². The first kappa shape index (κ1) is 28.5. The van der Waals surface area contributed by atoms with Crippen molar-refractivity contribution in [3.05, 3.63) is 163 Å². The van der Waals surface area contributed by atoms with Crippen molar-refractivity contribution in [3.8, 4) is 45.9 Å². The molecule has 0 unspecified atom stereocenters. The Morgan fingerprint density at radius 1 is 0.500 bits per heavy atom. The molecule has 3 aromatic heterocycles. The van der Waals surface area contributed by atoms with Crippen LogP contribution in [0.1, 0.15) is 25.1 Å². The molecule has 1 aliphatic heterocycles. The minimum atomic E-state index is -0.365. The predicted octanol–water partition coefficient (Wildman–Crippen LogP) is 10.7. The van der Waals surface area contributed by atoms with Crippen LogP contribution < -0.4 is 4.74 Å². The second-order valence-electron chi connectivity index (χ2n) is 13.3. The minimum absolute atomic E-state index is 0.365. The van der Waals surface area contributed by atoms with Crippen LogP contribution in [0.3, 0.4) is 0 Å². The molecule has 50 heavy (non-hydrogen) atoms. The van der Waals surface area contributed by atoms with Gasteiger partial charge in [0.05, 0.1) is 22.2 Å². The summed E-state index contributed by atoms with van der Waals surface area (Å²) in [7, 11) is 0. The van der Waals surface area contributed by atoms with E-state index < -0.39 is 0 Å². The van der Waals surface area contributed by atoms with Gasteiger partial charge in [0.15, 0.2) is 17.4 Å². The van der Waals surface area contributed by atoms with Gasteiger partial charge in [-0.25, -0.2) is 4.98 Å². The van der Waals surface area contributed by atoms with Crippen LogP contribution >= 0.6 is 0 Å². The SMILES string of the molecule is CC1(C)c2ccccc2Oc2c1n(-c1ccccc1)c1c2ccc2c3ccccc3n(-c3nc(-c4ccccc4)nc(-c4ccccc4)n3)c21. The monoisotopic (exact) mass is 645 g/mol. The average Bonchev–Trinajstić information content (AvgIpc) is 3.69. The fourth-order valence-electron chi connectivity index (χ4n) is 7.71. The number of para-hydroxylation sites is 3. The molecule has 6 nitrogen and oxygen atoms in total. The molecule has 6 aromatic carbocycles. The van der Waals surface area contributed by atoms with Crippen molar-refractivity contribution >= 4 is 32.7 Å². The molecule has 0 atom stereocenters. The normalized spacial score (nSPS) is 13.3. The fraction of sp³-hybridized carbons (Fsp3) is 0.0682. The Kier molecular flexibility index (Phi) is 6.12. The lowest BCUT2D eigenvalue weighted by molar-refractivity contribution is 0.414. The molecule has 238 valence electrons. The second-order valence-corrected chi connectivity index (χ2v) is 13.3. The van der Waals surface area contributed by atoms with E-state index in [9.17, 15) is 0 Å². The van der Waals surface area contributed by atoms with Gasteiger partial charge in [-0.15, -0.1) is 0 Å². The Bertz CT molecular complexity index is 2690. The van der Waals surface area contributed by atoms with Gasteiger partial charge in [0.25, 0.3) is 0 Å². The third-order valence-electron chi connectivity index (χ3n) is 9.98. The van der Waals surface area contributed by atoms with E-state index in [1.807, 2.05) is 66.7 Å². The molecule has 0 bridgehead atoms. The topological polar surface area (TPSA) is 57.8 Å². The highest BCUT2D eigenvalue weighted by Gasteiger charge is 2.40. The van der Waals surface area contributed by atoms with E-state index in [0.29, 0.717) is 17.6 Å². The summed E-state index contributed by atoms with van der Waals surface area (Å²) in [4.78, 5) is 15.5. The maximum atomic E-state index is 6.88. The van der Waals surface area contributed by atoms with Gasteiger partial charge >= 0.3 is 0 Å². The highest BCUT2D eigenvalue weighted by molar-refractivity contribution is 6.19. The summed E-state index contributed by atoms with van der Waals surface area (Å²) in [6.07, 6.45) is 0. The van der Waals surface area contributed by atoms with Crippen LogP contribution in [0.2, 0.25) is 0 Å². The molecule has 0 saturated carbocycles. The second kappa shape index (κ2) is 10.7. The predicted molar refractivity (Wildman–Crippen MR) is 201 cm³/mol. The molecule has 6 heteroatoms. The third-order valence-corrected chi connectivity index (χ3v) is 9.98. The standard InChI is InChI=1S/C44H31N5O/c1-44(2)34-23-13-15-25-36(34)50-39-33-27-26-32-31-22-12-14-24-35(31)49(37(32)38(33)48(40(39)44)30-20-10-5-11-21-30)43-46-41(28-16-6-3-7-17-28)45-42(47-43)29-18-8-4-9-19-29/h3-27H,1-2H3. The molecular weight excluding hydrogens is 615 g/mol. The fourth-order valence-corrected chi connectivity index (χ4v) is 7.71. The lowest BCUT2D eigenvalue weighted by atomic mass is 9.79. The zero-order chi connectivity index (χ0) is 33.4. The molecule has 0 amide bonds. The number of benzene rings is 6. The Hall–Kier alpha value is -6.53. The van der Waals surface area contributed by atoms with E-state index in [1.165, 1.54) is 0 Å². The van der Waals surface area contributed by atoms with Gasteiger partial charge in [0, 0.05) is 44.0 Å². The number of nitrogens with zero attached hydrogens (tertiary/aromatic N) is 5. The summed E-state index contributed by atoms with van der Waals surface area (Å²) >= 11 is 0. The molecule has 0 fully saturated rings. The van der Waals surface area contributed by atoms with Crippen molar-refractivity contribution in [1.29, 1.82) is 0 Å². The molecule has 0 aliphatic carbocycles. The Balaban J connectivity index is 1.39. The average molecular weight is 646 g/mol. The number of aromatic nitrogens is 5. The van der Waals surface area contributed by atoms with E-state index >= 15 is 0 Å². The highest BCUT2D eigenvalue weighted by Crippen LogP contribution is 2.54. The van der Waals surface area contributed by atoms with Gasteiger partial charge in [-0.2, -0.15) is 9.97 Å². The number of rotatable bonds is 4. The van der Waals surface area contributed by atoms with E-state index in [0.717, 1.165) is 72.3 Å².